The van der Waals surface area contributed by atoms with E-state index in [2.05, 4.69) is 21.4 Å². The monoisotopic (exact) mass is 711 g/mol. The van der Waals surface area contributed by atoms with Gasteiger partial charge in [-0.3, -0.25) is 4.79 Å². The summed E-state index contributed by atoms with van der Waals surface area (Å²) in [5.74, 6) is -0.727. The number of ether oxygens (including phenoxy) is 2. The number of halogens is 1. The van der Waals surface area contributed by atoms with Crippen LogP contribution >= 0.6 is 22.9 Å². The predicted octanol–water partition coefficient (Wildman–Crippen LogP) is 6.22. The lowest BCUT2D eigenvalue weighted by Crippen LogP contribution is -2.36. The van der Waals surface area contributed by atoms with E-state index >= 15 is 0 Å². The van der Waals surface area contributed by atoms with Crippen LogP contribution in [0.2, 0.25) is 5.02 Å². The number of aromatic nitrogens is 4. The van der Waals surface area contributed by atoms with E-state index in [0.717, 1.165) is 37.9 Å². The molecule has 1 N–H and O–H groups in total. The molecule has 0 amide bonds. The van der Waals surface area contributed by atoms with E-state index in [9.17, 15) is 18.3 Å². The van der Waals surface area contributed by atoms with Gasteiger partial charge in [-0.05, 0) is 91.4 Å². The lowest BCUT2D eigenvalue weighted by atomic mass is 9.84. The number of pyridine rings is 1. The zero-order valence-electron chi connectivity index (χ0n) is 27.4. The molecular formula is C34H38ClN5O6S2. The summed E-state index contributed by atoms with van der Waals surface area (Å²) < 4.78 is 43.7. The van der Waals surface area contributed by atoms with E-state index in [4.69, 9.17) is 21.1 Å². The number of aryl methyl sites for hydroxylation is 1. The number of rotatable bonds is 10. The van der Waals surface area contributed by atoms with Gasteiger partial charge in [0.2, 0.25) is 15.9 Å². The third-order valence-corrected chi connectivity index (χ3v) is 11.5. The highest BCUT2D eigenvalue weighted by Crippen LogP contribution is 2.39. The third kappa shape index (κ3) is 6.79. The van der Waals surface area contributed by atoms with Crippen molar-refractivity contribution in [2.75, 3.05) is 13.2 Å². The molecule has 1 unspecified atom stereocenters. The van der Waals surface area contributed by atoms with Crippen LogP contribution in [0.1, 0.15) is 68.7 Å². The first-order valence-corrected chi connectivity index (χ1v) is 18.5. The van der Waals surface area contributed by atoms with Crippen molar-refractivity contribution in [3.05, 3.63) is 75.3 Å². The highest BCUT2D eigenvalue weighted by molar-refractivity contribution is 7.89. The SMILES string of the molecule is CCOC(=O)CC(c1cc(CN2C[C@@H](CC)Oc3ncc(Cl)cc3S2(=O)=O)c2sccc2c1)c1ccc2c(nnn2CC(C)(C)O)c1C. The molecule has 0 fully saturated rings. The third-order valence-electron chi connectivity index (χ3n) is 8.51. The van der Waals surface area contributed by atoms with E-state index in [0.29, 0.717) is 11.9 Å². The Morgan fingerprint density at radius 1 is 1.23 bits per heavy atom. The summed E-state index contributed by atoms with van der Waals surface area (Å²) in [5, 5.41) is 22.3. The van der Waals surface area contributed by atoms with E-state index in [1.54, 1.807) is 25.5 Å². The summed E-state index contributed by atoms with van der Waals surface area (Å²) in [6.45, 7) is 9.82. The highest BCUT2D eigenvalue weighted by atomic mass is 35.5. The van der Waals surface area contributed by atoms with Gasteiger partial charge in [-0.2, -0.15) is 4.31 Å². The second-order valence-electron chi connectivity index (χ2n) is 12.7. The second-order valence-corrected chi connectivity index (χ2v) is 15.9. The molecule has 1 aliphatic heterocycles. The van der Waals surface area contributed by atoms with Crippen molar-refractivity contribution in [2.24, 2.45) is 0 Å². The lowest BCUT2D eigenvalue weighted by Gasteiger charge is -2.24. The Bertz CT molecular complexity index is 2110. The van der Waals surface area contributed by atoms with Crippen LogP contribution in [0, 0.1) is 6.92 Å². The Morgan fingerprint density at radius 3 is 2.75 bits per heavy atom. The minimum Gasteiger partial charge on any atom is -0.472 e. The number of fused-ring (bicyclic) bond motifs is 3. The average Bonchev–Trinajstić information content (AvgIpc) is 3.65. The fourth-order valence-electron chi connectivity index (χ4n) is 6.23. The van der Waals surface area contributed by atoms with Gasteiger partial charge in [-0.1, -0.05) is 35.9 Å². The number of nitrogens with zero attached hydrogens (tertiary/aromatic N) is 5. The summed E-state index contributed by atoms with van der Waals surface area (Å²) in [7, 11) is -4.03. The fraction of sp³-hybridized carbons (Fsp3) is 0.412. The average molecular weight is 712 g/mol. The zero-order valence-corrected chi connectivity index (χ0v) is 29.8. The lowest BCUT2D eigenvalue weighted by molar-refractivity contribution is -0.143. The molecule has 0 spiro atoms. The number of aliphatic hydroxyl groups is 1. The molecule has 0 saturated carbocycles. The molecule has 0 saturated heterocycles. The molecule has 0 bridgehead atoms. The topological polar surface area (TPSA) is 137 Å². The van der Waals surface area contributed by atoms with Crippen LogP contribution in [0.3, 0.4) is 0 Å². The number of hydrogen-bond donors (Lipinski definition) is 1. The molecular weight excluding hydrogens is 674 g/mol. The quantitative estimate of drug-likeness (QED) is 0.167. The summed E-state index contributed by atoms with van der Waals surface area (Å²) in [6, 6.07) is 11.3. The van der Waals surface area contributed by atoms with Crippen LogP contribution in [0.4, 0.5) is 0 Å². The Labute approximate surface area is 288 Å². The van der Waals surface area contributed by atoms with Gasteiger partial charge in [0.1, 0.15) is 16.5 Å². The Kier molecular flexibility index (Phi) is 9.53. The number of hydrogen-bond acceptors (Lipinski definition) is 10. The Balaban J connectivity index is 1.46. The number of thiophene rings is 1. The Morgan fingerprint density at radius 2 is 2.02 bits per heavy atom. The summed E-state index contributed by atoms with van der Waals surface area (Å²) >= 11 is 7.73. The maximum absolute atomic E-state index is 14.1. The first-order chi connectivity index (χ1) is 22.8. The van der Waals surface area contributed by atoms with Crippen molar-refractivity contribution < 1.29 is 27.8 Å². The molecule has 2 aromatic carbocycles. The molecule has 2 atom stereocenters. The van der Waals surface area contributed by atoms with Crippen molar-refractivity contribution in [3.63, 3.8) is 0 Å². The van der Waals surface area contributed by atoms with Crippen molar-refractivity contribution in [1.82, 2.24) is 24.3 Å². The van der Waals surface area contributed by atoms with E-state index in [1.807, 2.05) is 43.5 Å². The molecule has 6 rings (SSSR count). The number of esters is 1. The first-order valence-electron chi connectivity index (χ1n) is 15.8. The molecule has 14 heteroatoms. The van der Waals surface area contributed by atoms with Gasteiger partial charge in [0.25, 0.3) is 0 Å². The number of benzene rings is 2. The van der Waals surface area contributed by atoms with Gasteiger partial charge in [0.05, 0.1) is 42.3 Å². The van der Waals surface area contributed by atoms with Crippen LogP contribution < -0.4 is 4.74 Å². The molecule has 4 heterocycles. The molecule has 0 radical (unpaired) electrons. The van der Waals surface area contributed by atoms with Crippen LogP contribution in [0.25, 0.3) is 21.1 Å². The highest BCUT2D eigenvalue weighted by Gasteiger charge is 2.36. The van der Waals surface area contributed by atoms with Gasteiger partial charge >= 0.3 is 5.97 Å². The molecule has 11 nitrogen and oxygen atoms in total. The van der Waals surface area contributed by atoms with Gasteiger partial charge in [0, 0.05) is 23.4 Å². The van der Waals surface area contributed by atoms with Gasteiger partial charge in [0.15, 0.2) is 0 Å². The van der Waals surface area contributed by atoms with Gasteiger partial charge in [-0.15, -0.1) is 16.4 Å². The minimum absolute atomic E-state index is 0.0450. The normalized spacial score (nSPS) is 17.2. The molecule has 254 valence electrons. The summed E-state index contributed by atoms with van der Waals surface area (Å²) in [6.07, 6.45) is 1.62. The first kappa shape index (κ1) is 34.3. The van der Waals surface area contributed by atoms with E-state index < -0.39 is 27.6 Å². The van der Waals surface area contributed by atoms with Crippen LogP contribution in [0.15, 0.2) is 52.9 Å². The van der Waals surface area contributed by atoms with E-state index in [1.165, 1.54) is 27.9 Å². The Hall–Kier alpha value is -3.62. The standard InChI is InChI=1S/C34H38ClN5O6S2/c1-6-25-18-39(48(43,44)29-14-24(35)16-36-33(29)46-25)17-23-13-22(12-21-10-11-47-32(21)23)27(15-30(41)45-7-2)26-8-9-28-31(20(26)3)37-38-40(28)19-34(4,5)42/h8-14,16,25,27,42H,6-7,15,17-19H2,1-5H3/t25-,27?/m1/s1. The molecule has 1 aliphatic rings. The van der Waals surface area contributed by atoms with Crippen molar-refractivity contribution in [1.29, 1.82) is 0 Å². The molecule has 3 aromatic heterocycles. The second kappa shape index (κ2) is 13.4. The number of carbonyl (C=O) groups is 1. The maximum Gasteiger partial charge on any atom is 0.306 e. The zero-order chi connectivity index (χ0) is 34.4. The fourth-order valence-corrected chi connectivity index (χ4v) is 8.89. The molecule has 48 heavy (non-hydrogen) atoms. The minimum atomic E-state index is -4.03. The summed E-state index contributed by atoms with van der Waals surface area (Å²) in [5.41, 5.74) is 3.85. The molecule has 0 aliphatic carbocycles. The van der Waals surface area contributed by atoms with Gasteiger partial charge in [-0.25, -0.2) is 18.1 Å². The van der Waals surface area contributed by atoms with Crippen LogP contribution in [-0.2, 0) is 32.6 Å². The van der Waals surface area contributed by atoms with Crippen molar-refractivity contribution in [2.45, 2.75) is 83.1 Å². The van der Waals surface area contributed by atoms with Crippen LogP contribution in [-0.4, -0.2) is 68.6 Å². The van der Waals surface area contributed by atoms with Crippen molar-refractivity contribution >= 4 is 60.0 Å². The van der Waals surface area contributed by atoms with Crippen LogP contribution in [0.5, 0.6) is 5.88 Å². The van der Waals surface area contributed by atoms with Crippen molar-refractivity contribution in [3.8, 4) is 5.88 Å². The van der Waals surface area contributed by atoms with Gasteiger partial charge < -0.3 is 14.6 Å². The number of carbonyl (C=O) groups excluding carboxylic acids is 1. The smallest absolute Gasteiger partial charge is 0.306 e. The number of sulfonamides is 1. The maximum atomic E-state index is 14.1. The predicted molar refractivity (Wildman–Crippen MR) is 185 cm³/mol. The summed E-state index contributed by atoms with van der Waals surface area (Å²) in [4.78, 5) is 17.2. The van der Waals surface area contributed by atoms with E-state index in [-0.39, 0.29) is 54.4 Å². The molecule has 5 aromatic rings. The largest absolute Gasteiger partial charge is 0.472 e.